The fourth-order valence-corrected chi connectivity index (χ4v) is 2.60. The second kappa shape index (κ2) is 5.70. The molecule has 0 aliphatic carbocycles. The van der Waals surface area contributed by atoms with Gasteiger partial charge in [0, 0.05) is 18.5 Å². The van der Waals surface area contributed by atoms with Crippen molar-refractivity contribution in [3.63, 3.8) is 0 Å². The summed E-state index contributed by atoms with van der Waals surface area (Å²) in [6.45, 7) is 0.375. The van der Waals surface area contributed by atoms with Crippen LogP contribution in [0.4, 0.5) is 14.5 Å². The van der Waals surface area contributed by atoms with Crippen molar-refractivity contribution in [2.24, 2.45) is 0 Å². The van der Waals surface area contributed by atoms with Gasteiger partial charge >= 0.3 is 5.69 Å². The molecule has 1 atom stereocenters. The van der Waals surface area contributed by atoms with E-state index >= 15 is 0 Å². The Morgan fingerprint density at radius 2 is 2.20 bits per heavy atom. The number of alkyl halides is 1. The third kappa shape index (κ3) is 2.58. The van der Waals surface area contributed by atoms with Crippen LogP contribution in [0.5, 0.6) is 0 Å². The Morgan fingerprint density at radius 1 is 1.50 bits per heavy atom. The molecule has 8 heteroatoms. The van der Waals surface area contributed by atoms with Crippen molar-refractivity contribution >= 4 is 23.2 Å². The molecule has 0 saturated carbocycles. The molecular formula is C12H11ClF2N2O3. The first-order valence-electron chi connectivity index (χ1n) is 5.96. The summed E-state index contributed by atoms with van der Waals surface area (Å²) in [7, 11) is 0. The highest BCUT2D eigenvalue weighted by molar-refractivity contribution is 6.18. The van der Waals surface area contributed by atoms with Gasteiger partial charge in [0.25, 0.3) is 5.91 Å². The number of carbonyl (C=O) groups is 1. The summed E-state index contributed by atoms with van der Waals surface area (Å²) in [6, 6.07) is 0.870. The third-order valence-corrected chi connectivity index (χ3v) is 3.62. The Hall–Kier alpha value is -1.76. The zero-order chi connectivity index (χ0) is 14.9. The van der Waals surface area contributed by atoms with E-state index in [0.29, 0.717) is 31.5 Å². The minimum absolute atomic E-state index is 0.185. The molecule has 1 aromatic rings. The first-order chi connectivity index (χ1) is 9.45. The smallest absolute Gasteiger partial charge is 0.308 e. The highest BCUT2D eigenvalue weighted by atomic mass is 35.5. The largest absolute Gasteiger partial charge is 0.334 e. The number of rotatable bonds is 3. The second-order valence-electron chi connectivity index (χ2n) is 4.49. The molecule has 1 heterocycles. The summed E-state index contributed by atoms with van der Waals surface area (Å²) >= 11 is 5.72. The Bertz CT molecular complexity index is 568. The van der Waals surface area contributed by atoms with Crippen molar-refractivity contribution in [3.8, 4) is 0 Å². The normalized spacial score (nSPS) is 18.4. The zero-order valence-corrected chi connectivity index (χ0v) is 11.1. The minimum atomic E-state index is -1.32. The molecule has 108 valence electrons. The molecule has 1 unspecified atom stereocenters. The van der Waals surface area contributed by atoms with E-state index in [9.17, 15) is 23.7 Å². The van der Waals surface area contributed by atoms with Gasteiger partial charge in [-0.3, -0.25) is 14.9 Å². The van der Waals surface area contributed by atoms with Crippen LogP contribution >= 0.6 is 11.6 Å². The average Bonchev–Trinajstić information content (AvgIpc) is 2.88. The molecule has 0 radical (unpaired) electrons. The van der Waals surface area contributed by atoms with Gasteiger partial charge in [-0.05, 0) is 18.9 Å². The van der Waals surface area contributed by atoms with Crippen molar-refractivity contribution in [2.75, 3.05) is 12.4 Å². The van der Waals surface area contributed by atoms with Crippen LogP contribution in [-0.4, -0.2) is 34.2 Å². The molecule has 0 bridgehead atoms. The van der Waals surface area contributed by atoms with Crippen molar-refractivity contribution in [1.82, 2.24) is 4.90 Å². The number of nitro groups is 1. The summed E-state index contributed by atoms with van der Waals surface area (Å²) in [5, 5.41) is 10.6. The molecule has 0 aromatic heterocycles. The van der Waals surface area contributed by atoms with Gasteiger partial charge in [-0.15, -0.1) is 11.6 Å². The van der Waals surface area contributed by atoms with E-state index in [1.165, 1.54) is 4.90 Å². The molecule has 1 aromatic carbocycles. The Kier molecular flexibility index (Phi) is 4.17. The molecule has 20 heavy (non-hydrogen) atoms. The maximum absolute atomic E-state index is 13.9. The van der Waals surface area contributed by atoms with E-state index in [-0.39, 0.29) is 11.9 Å². The van der Waals surface area contributed by atoms with E-state index in [4.69, 9.17) is 11.6 Å². The number of benzene rings is 1. The van der Waals surface area contributed by atoms with Gasteiger partial charge in [0.2, 0.25) is 5.82 Å². The SMILES string of the molecule is O=C(c1cc(F)cc([N+](=O)[O-])c1F)N1CCCC1CCl. The number of carbonyl (C=O) groups excluding carboxylic acids is 1. The molecular weight excluding hydrogens is 294 g/mol. The number of likely N-dealkylation sites (tertiary alicyclic amines) is 1. The molecule has 1 saturated heterocycles. The van der Waals surface area contributed by atoms with Crippen molar-refractivity contribution in [1.29, 1.82) is 0 Å². The maximum atomic E-state index is 13.9. The predicted molar refractivity (Wildman–Crippen MR) is 67.8 cm³/mol. The standard InChI is InChI=1S/C12H11ClF2N2O3/c13-6-8-2-1-3-16(8)12(18)9-4-7(14)5-10(11(9)15)17(19)20/h4-5,8H,1-3,6H2. The third-order valence-electron chi connectivity index (χ3n) is 3.26. The maximum Gasteiger partial charge on any atom is 0.308 e. The fourth-order valence-electron chi connectivity index (χ4n) is 2.28. The minimum Gasteiger partial charge on any atom is -0.334 e. The van der Waals surface area contributed by atoms with Crippen LogP contribution in [0.15, 0.2) is 12.1 Å². The second-order valence-corrected chi connectivity index (χ2v) is 4.80. The van der Waals surface area contributed by atoms with E-state index in [0.717, 1.165) is 0 Å². The van der Waals surface area contributed by atoms with Crippen LogP contribution in [0.3, 0.4) is 0 Å². The first kappa shape index (κ1) is 14.6. The van der Waals surface area contributed by atoms with Crippen LogP contribution in [0, 0.1) is 21.7 Å². The number of nitro benzene ring substituents is 1. The molecule has 2 rings (SSSR count). The lowest BCUT2D eigenvalue weighted by Gasteiger charge is -2.23. The summed E-state index contributed by atoms with van der Waals surface area (Å²) in [6.07, 6.45) is 1.39. The van der Waals surface area contributed by atoms with Gasteiger partial charge in [0.05, 0.1) is 16.6 Å². The van der Waals surface area contributed by atoms with Gasteiger partial charge in [-0.25, -0.2) is 4.39 Å². The van der Waals surface area contributed by atoms with Gasteiger partial charge in [-0.2, -0.15) is 4.39 Å². The molecule has 0 N–H and O–H groups in total. The van der Waals surface area contributed by atoms with Crippen LogP contribution < -0.4 is 0 Å². The molecule has 1 fully saturated rings. The van der Waals surface area contributed by atoms with Crippen LogP contribution in [-0.2, 0) is 0 Å². The quantitative estimate of drug-likeness (QED) is 0.490. The summed E-state index contributed by atoms with van der Waals surface area (Å²) in [5.41, 5.74) is -1.68. The van der Waals surface area contributed by atoms with Crippen molar-refractivity contribution in [3.05, 3.63) is 39.4 Å². The van der Waals surface area contributed by atoms with E-state index in [2.05, 4.69) is 0 Å². The van der Waals surface area contributed by atoms with Gasteiger partial charge < -0.3 is 4.90 Å². The molecule has 1 amide bonds. The monoisotopic (exact) mass is 304 g/mol. The van der Waals surface area contributed by atoms with E-state index < -0.39 is 33.7 Å². The first-order valence-corrected chi connectivity index (χ1v) is 6.49. The Labute approximate surface area is 118 Å². The average molecular weight is 305 g/mol. The van der Waals surface area contributed by atoms with E-state index in [1.807, 2.05) is 0 Å². The van der Waals surface area contributed by atoms with Crippen molar-refractivity contribution in [2.45, 2.75) is 18.9 Å². The zero-order valence-electron chi connectivity index (χ0n) is 10.3. The summed E-state index contributed by atoms with van der Waals surface area (Å²) in [4.78, 5) is 23.1. The number of halogens is 3. The molecule has 0 spiro atoms. The van der Waals surface area contributed by atoms with Crippen LogP contribution in [0.2, 0.25) is 0 Å². The Morgan fingerprint density at radius 3 is 2.80 bits per heavy atom. The predicted octanol–water partition coefficient (Wildman–Crippen LogP) is 2.72. The van der Waals surface area contributed by atoms with Gasteiger partial charge in [-0.1, -0.05) is 0 Å². The summed E-state index contributed by atoms with van der Waals surface area (Å²) < 4.78 is 27.3. The van der Waals surface area contributed by atoms with Crippen LogP contribution in [0.1, 0.15) is 23.2 Å². The summed E-state index contributed by atoms with van der Waals surface area (Å²) in [5.74, 6) is -2.93. The Balaban J connectivity index is 2.42. The molecule has 5 nitrogen and oxygen atoms in total. The number of hydrogen-bond acceptors (Lipinski definition) is 3. The highest BCUT2D eigenvalue weighted by Crippen LogP contribution is 2.27. The molecule has 1 aliphatic heterocycles. The number of nitrogens with zero attached hydrogens (tertiary/aromatic N) is 2. The van der Waals surface area contributed by atoms with Gasteiger partial charge in [0.1, 0.15) is 5.82 Å². The van der Waals surface area contributed by atoms with Crippen LogP contribution in [0.25, 0.3) is 0 Å². The fraction of sp³-hybridized carbons (Fsp3) is 0.417. The lowest BCUT2D eigenvalue weighted by molar-refractivity contribution is -0.387. The van der Waals surface area contributed by atoms with Crippen molar-refractivity contribution < 1.29 is 18.5 Å². The highest BCUT2D eigenvalue weighted by Gasteiger charge is 2.32. The number of hydrogen-bond donors (Lipinski definition) is 0. The number of amides is 1. The lowest BCUT2D eigenvalue weighted by atomic mass is 10.1. The topological polar surface area (TPSA) is 63.4 Å². The van der Waals surface area contributed by atoms with E-state index in [1.54, 1.807) is 0 Å². The lowest BCUT2D eigenvalue weighted by Crippen LogP contribution is -2.37. The van der Waals surface area contributed by atoms with Gasteiger partial charge in [0.15, 0.2) is 0 Å². The molecule has 1 aliphatic rings.